The lowest BCUT2D eigenvalue weighted by Crippen LogP contribution is -2.45. The van der Waals surface area contributed by atoms with Crippen molar-refractivity contribution in [2.45, 2.75) is 418 Å². The van der Waals surface area contributed by atoms with E-state index in [0.29, 0.717) is 25.9 Å². The van der Waals surface area contributed by atoms with E-state index in [0.717, 1.165) is 38.5 Å². The predicted octanol–water partition coefficient (Wildman–Crippen LogP) is 22.2. The molecule has 0 aromatic heterocycles. The quantitative estimate of drug-likeness (QED) is 0.0417. The molecule has 6 nitrogen and oxygen atoms in total. The van der Waals surface area contributed by atoms with Crippen LogP contribution in [0.4, 0.5) is 0 Å². The monoisotopic (exact) mass is 1060 g/mol. The van der Waals surface area contributed by atoms with Crippen LogP contribution in [0.3, 0.4) is 0 Å². The van der Waals surface area contributed by atoms with Crippen LogP contribution in [-0.2, 0) is 14.3 Å². The van der Waals surface area contributed by atoms with Gasteiger partial charge >= 0.3 is 5.97 Å². The molecule has 448 valence electrons. The average molecular weight is 1060 g/mol. The van der Waals surface area contributed by atoms with E-state index in [-0.39, 0.29) is 18.5 Å². The zero-order valence-electron chi connectivity index (χ0n) is 51.3. The first-order chi connectivity index (χ1) is 37.0. The molecule has 6 heteroatoms. The number of esters is 1. The van der Waals surface area contributed by atoms with E-state index < -0.39 is 12.1 Å². The second-order valence-electron chi connectivity index (χ2n) is 24.2. The number of aliphatic hydroxyl groups is 2. The summed E-state index contributed by atoms with van der Waals surface area (Å²) in [5, 5.41) is 23.2. The van der Waals surface area contributed by atoms with Gasteiger partial charge in [0.1, 0.15) is 0 Å². The summed E-state index contributed by atoms with van der Waals surface area (Å²) in [4.78, 5) is 24.6. The molecule has 0 bridgehead atoms. The summed E-state index contributed by atoms with van der Waals surface area (Å²) < 4.78 is 5.52. The number of carbonyl (C=O) groups excluding carboxylic acids is 2. The Morgan fingerprint density at radius 2 is 0.547 bits per heavy atom. The minimum absolute atomic E-state index is 0.0254. The number of nitrogens with one attached hydrogen (secondary N) is 1. The molecule has 0 aliphatic carbocycles. The van der Waals surface area contributed by atoms with Crippen LogP contribution in [-0.4, -0.2) is 47.4 Å². The predicted molar refractivity (Wildman–Crippen MR) is 329 cm³/mol. The SMILES string of the molecule is CCCCCCCCCCCCCCCCCCCCCC(=O)OCCCCCCCCCCCCCCCCCCCCCCCCCCCCCCCC(=O)NC(CO)C(O)CCCCCCCCCCCC. The summed E-state index contributed by atoms with van der Waals surface area (Å²) in [6.45, 7) is 4.98. The van der Waals surface area contributed by atoms with Crippen LogP contribution in [0.1, 0.15) is 406 Å². The molecule has 0 saturated heterocycles. The number of hydrogen-bond acceptors (Lipinski definition) is 5. The van der Waals surface area contributed by atoms with Crippen LogP contribution in [0.2, 0.25) is 0 Å². The largest absolute Gasteiger partial charge is 0.466 e. The number of hydrogen-bond donors (Lipinski definition) is 3. The van der Waals surface area contributed by atoms with E-state index in [4.69, 9.17) is 4.74 Å². The highest BCUT2D eigenvalue weighted by Gasteiger charge is 2.20. The van der Waals surface area contributed by atoms with Gasteiger partial charge in [-0.2, -0.15) is 0 Å². The van der Waals surface area contributed by atoms with Crippen molar-refractivity contribution in [3.8, 4) is 0 Å². The highest BCUT2D eigenvalue weighted by molar-refractivity contribution is 5.76. The van der Waals surface area contributed by atoms with Gasteiger partial charge in [0.2, 0.25) is 5.91 Å². The first kappa shape index (κ1) is 73.9. The fraction of sp³-hybridized carbons (Fsp3) is 0.971. The second-order valence-corrected chi connectivity index (χ2v) is 24.2. The average Bonchev–Trinajstić information content (AvgIpc) is 3.41. The summed E-state index contributed by atoms with van der Waals surface area (Å²) in [6.07, 6.45) is 78.8. The van der Waals surface area contributed by atoms with Crippen LogP contribution in [0.15, 0.2) is 0 Å². The number of ether oxygens (including phenoxy) is 1. The van der Waals surface area contributed by atoms with Gasteiger partial charge < -0.3 is 20.3 Å². The topological polar surface area (TPSA) is 95.9 Å². The molecule has 3 N–H and O–H groups in total. The van der Waals surface area contributed by atoms with Gasteiger partial charge in [-0.15, -0.1) is 0 Å². The number of amides is 1. The van der Waals surface area contributed by atoms with Gasteiger partial charge in [-0.3, -0.25) is 9.59 Å². The van der Waals surface area contributed by atoms with Crippen molar-refractivity contribution in [1.82, 2.24) is 5.32 Å². The molecule has 2 unspecified atom stereocenters. The second kappa shape index (κ2) is 65.4. The van der Waals surface area contributed by atoms with Gasteiger partial charge in [-0.1, -0.05) is 367 Å². The Morgan fingerprint density at radius 1 is 0.320 bits per heavy atom. The summed E-state index contributed by atoms with van der Waals surface area (Å²) in [6, 6.07) is -0.536. The first-order valence-corrected chi connectivity index (χ1v) is 34.8. The Labute approximate surface area is 470 Å². The molecule has 0 heterocycles. The van der Waals surface area contributed by atoms with E-state index in [1.807, 2.05) is 0 Å². The number of aliphatic hydroxyl groups excluding tert-OH is 2. The van der Waals surface area contributed by atoms with Gasteiger partial charge in [-0.05, 0) is 25.7 Å². The smallest absolute Gasteiger partial charge is 0.305 e. The van der Waals surface area contributed by atoms with Gasteiger partial charge in [0.15, 0.2) is 0 Å². The lowest BCUT2D eigenvalue weighted by atomic mass is 10.0. The Morgan fingerprint density at radius 3 is 0.813 bits per heavy atom. The van der Waals surface area contributed by atoms with E-state index >= 15 is 0 Å². The van der Waals surface area contributed by atoms with Crippen molar-refractivity contribution in [1.29, 1.82) is 0 Å². The van der Waals surface area contributed by atoms with Gasteiger partial charge in [0, 0.05) is 12.8 Å². The normalized spacial score (nSPS) is 12.4. The van der Waals surface area contributed by atoms with Crippen LogP contribution < -0.4 is 5.32 Å². The van der Waals surface area contributed by atoms with Crippen molar-refractivity contribution in [3.05, 3.63) is 0 Å². The molecule has 1 amide bonds. The molecule has 0 aliphatic rings. The standard InChI is InChI=1S/C69H137NO5/c1-3-5-7-9-11-13-15-16-17-18-30-34-37-40-43-47-51-55-59-63-69(74)75-64-60-56-52-48-44-41-38-35-32-29-27-25-23-21-19-20-22-24-26-28-31-33-36-39-42-46-50-54-58-62-68(73)70-66(65-71)67(72)61-57-53-49-45-14-12-10-8-6-4-2/h66-67,71-72H,3-65H2,1-2H3,(H,70,73). The number of rotatable bonds is 66. The van der Waals surface area contributed by atoms with Crippen molar-refractivity contribution in [2.75, 3.05) is 13.2 Å². The summed E-state index contributed by atoms with van der Waals surface area (Å²) in [7, 11) is 0. The van der Waals surface area contributed by atoms with Crippen LogP contribution >= 0.6 is 0 Å². The van der Waals surface area contributed by atoms with Crippen molar-refractivity contribution < 1.29 is 24.5 Å². The van der Waals surface area contributed by atoms with Crippen molar-refractivity contribution in [3.63, 3.8) is 0 Å². The Bertz CT molecular complexity index is 1080. The molecular weight excluding hydrogens is 923 g/mol. The molecule has 0 aliphatic heterocycles. The van der Waals surface area contributed by atoms with Crippen LogP contribution in [0, 0.1) is 0 Å². The Balaban J connectivity index is 3.28. The van der Waals surface area contributed by atoms with E-state index in [9.17, 15) is 19.8 Å². The molecule has 0 saturated carbocycles. The zero-order valence-corrected chi connectivity index (χ0v) is 51.3. The molecule has 2 atom stereocenters. The maximum absolute atomic E-state index is 12.4. The zero-order chi connectivity index (χ0) is 54.3. The summed E-state index contributed by atoms with van der Waals surface area (Å²) in [5.74, 6) is -0.00520. The number of carbonyl (C=O) groups is 2. The maximum Gasteiger partial charge on any atom is 0.305 e. The molecule has 0 aromatic rings. The molecule has 0 aromatic carbocycles. The molecule has 75 heavy (non-hydrogen) atoms. The maximum atomic E-state index is 12.4. The van der Waals surface area contributed by atoms with E-state index in [2.05, 4.69) is 19.2 Å². The van der Waals surface area contributed by atoms with Crippen LogP contribution in [0.25, 0.3) is 0 Å². The summed E-state index contributed by atoms with van der Waals surface area (Å²) in [5.41, 5.74) is 0. The van der Waals surface area contributed by atoms with Gasteiger partial charge in [0.05, 0.1) is 25.4 Å². The van der Waals surface area contributed by atoms with Gasteiger partial charge in [0.25, 0.3) is 0 Å². The Hall–Kier alpha value is -1.14. The minimum atomic E-state index is -0.659. The molecular formula is C69H137NO5. The molecule has 0 spiro atoms. The number of unbranched alkanes of at least 4 members (excludes halogenated alkanes) is 55. The van der Waals surface area contributed by atoms with Crippen molar-refractivity contribution >= 4 is 11.9 Å². The Kier molecular flexibility index (Phi) is 64.4. The van der Waals surface area contributed by atoms with Crippen LogP contribution in [0.5, 0.6) is 0 Å². The molecule has 0 radical (unpaired) electrons. The third-order valence-corrected chi connectivity index (χ3v) is 16.7. The van der Waals surface area contributed by atoms with E-state index in [1.165, 1.54) is 334 Å². The lowest BCUT2D eigenvalue weighted by molar-refractivity contribution is -0.143. The van der Waals surface area contributed by atoms with E-state index in [1.54, 1.807) is 0 Å². The minimum Gasteiger partial charge on any atom is -0.466 e. The third-order valence-electron chi connectivity index (χ3n) is 16.7. The first-order valence-electron chi connectivity index (χ1n) is 34.8. The highest BCUT2D eigenvalue weighted by Crippen LogP contribution is 2.19. The van der Waals surface area contributed by atoms with Gasteiger partial charge in [-0.25, -0.2) is 0 Å². The third kappa shape index (κ3) is 61.9. The van der Waals surface area contributed by atoms with Crippen molar-refractivity contribution in [2.24, 2.45) is 0 Å². The lowest BCUT2D eigenvalue weighted by Gasteiger charge is -2.22. The fourth-order valence-electron chi connectivity index (χ4n) is 11.4. The molecule has 0 fully saturated rings. The fourth-order valence-corrected chi connectivity index (χ4v) is 11.4. The summed E-state index contributed by atoms with van der Waals surface area (Å²) >= 11 is 0. The highest BCUT2D eigenvalue weighted by atomic mass is 16.5. The molecule has 0 rings (SSSR count).